The first-order valence-corrected chi connectivity index (χ1v) is 6.13. The van der Waals surface area contributed by atoms with Gasteiger partial charge in [-0.15, -0.1) is 0 Å². The van der Waals surface area contributed by atoms with Gasteiger partial charge in [0.25, 0.3) is 0 Å². The fourth-order valence-corrected chi connectivity index (χ4v) is 2.85. The summed E-state index contributed by atoms with van der Waals surface area (Å²) < 4.78 is 0. The second-order valence-electron chi connectivity index (χ2n) is 6.59. The molecule has 1 aliphatic rings. The van der Waals surface area contributed by atoms with Crippen molar-refractivity contribution in [1.82, 2.24) is 4.90 Å². The van der Waals surface area contributed by atoms with Gasteiger partial charge in [0, 0.05) is 11.6 Å². The van der Waals surface area contributed by atoms with Crippen LogP contribution in [0, 0.1) is 5.41 Å². The molecule has 0 aromatic rings. The third kappa shape index (κ3) is 2.97. The van der Waals surface area contributed by atoms with E-state index in [1.165, 1.54) is 12.8 Å². The quantitative estimate of drug-likeness (QED) is 0.806. The van der Waals surface area contributed by atoms with Gasteiger partial charge in [0.2, 0.25) is 0 Å². The smallest absolute Gasteiger partial charge is 0.317 e. The number of carboxylic acids is 1. The lowest BCUT2D eigenvalue weighted by molar-refractivity contribution is -0.141. The summed E-state index contributed by atoms with van der Waals surface area (Å²) in [6.07, 6.45) is 3.53. The minimum atomic E-state index is -0.724. The molecule has 1 atom stereocenters. The Kier molecular flexibility index (Phi) is 3.68. The van der Waals surface area contributed by atoms with Crippen LogP contribution in [0.5, 0.6) is 0 Å². The summed E-state index contributed by atoms with van der Waals surface area (Å²) in [7, 11) is 0. The molecule has 1 unspecified atom stereocenters. The predicted molar refractivity (Wildman–Crippen MR) is 65.5 cm³/mol. The Balaban J connectivity index is 2.88. The largest absolute Gasteiger partial charge is 0.480 e. The van der Waals surface area contributed by atoms with Crippen molar-refractivity contribution in [3.63, 3.8) is 0 Å². The van der Waals surface area contributed by atoms with Crippen molar-refractivity contribution < 1.29 is 9.90 Å². The van der Waals surface area contributed by atoms with Gasteiger partial charge in [0.15, 0.2) is 0 Å². The van der Waals surface area contributed by atoms with E-state index in [2.05, 4.69) is 39.5 Å². The maximum absolute atomic E-state index is 11.0. The van der Waals surface area contributed by atoms with Crippen LogP contribution >= 0.6 is 0 Å². The molecule has 1 saturated carbocycles. The van der Waals surface area contributed by atoms with Crippen LogP contribution in [0.1, 0.15) is 53.9 Å². The molecule has 0 radical (unpaired) electrons. The predicted octanol–water partition coefficient (Wildman–Crippen LogP) is 2.75. The SMILES string of the molecule is CC1(C)CCCC1N(CC(=O)O)C(C)(C)C. The van der Waals surface area contributed by atoms with Crippen LogP contribution in [0.25, 0.3) is 0 Å². The van der Waals surface area contributed by atoms with Crippen LogP contribution in [0.4, 0.5) is 0 Å². The molecule has 0 spiro atoms. The third-order valence-electron chi connectivity index (χ3n) is 3.74. The standard InChI is InChI=1S/C13H25NO2/c1-12(2,3)14(9-11(15)16)10-7-6-8-13(10,4)5/h10H,6-9H2,1-5H3,(H,15,16). The molecule has 3 heteroatoms. The molecule has 0 aromatic heterocycles. The van der Waals surface area contributed by atoms with E-state index in [-0.39, 0.29) is 17.5 Å². The minimum Gasteiger partial charge on any atom is -0.480 e. The number of hydrogen-bond donors (Lipinski definition) is 1. The summed E-state index contributed by atoms with van der Waals surface area (Å²) in [5.41, 5.74) is 0.160. The summed E-state index contributed by atoms with van der Waals surface area (Å²) in [6, 6.07) is 0.392. The summed E-state index contributed by atoms with van der Waals surface area (Å²) in [6.45, 7) is 11.0. The molecule has 1 rings (SSSR count). The summed E-state index contributed by atoms with van der Waals surface area (Å²) in [5.74, 6) is -0.724. The zero-order chi connectivity index (χ0) is 12.6. The molecular formula is C13H25NO2. The second-order valence-corrected chi connectivity index (χ2v) is 6.59. The van der Waals surface area contributed by atoms with Crippen LogP contribution < -0.4 is 0 Å². The van der Waals surface area contributed by atoms with Gasteiger partial charge in [-0.2, -0.15) is 0 Å². The molecule has 16 heavy (non-hydrogen) atoms. The highest BCUT2D eigenvalue weighted by atomic mass is 16.4. The first-order valence-electron chi connectivity index (χ1n) is 6.13. The molecule has 0 aliphatic heterocycles. The Morgan fingerprint density at radius 2 is 2.00 bits per heavy atom. The molecule has 0 amide bonds. The fraction of sp³-hybridized carbons (Fsp3) is 0.923. The van der Waals surface area contributed by atoms with Gasteiger partial charge in [0.05, 0.1) is 6.54 Å². The average Bonchev–Trinajstić information content (AvgIpc) is 2.38. The van der Waals surface area contributed by atoms with Gasteiger partial charge < -0.3 is 5.11 Å². The highest BCUT2D eigenvalue weighted by molar-refractivity contribution is 5.69. The van der Waals surface area contributed by atoms with E-state index in [0.29, 0.717) is 6.04 Å². The highest BCUT2D eigenvalue weighted by Crippen LogP contribution is 2.42. The Morgan fingerprint density at radius 3 is 2.31 bits per heavy atom. The molecule has 1 fully saturated rings. The molecular weight excluding hydrogens is 202 g/mol. The average molecular weight is 227 g/mol. The third-order valence-corrected chi connectivity index (χ3v) is 3.74. The number of rotatable bonds is 3. The molecule has 0 heterocycles. The van der Waals surface area contributed by atoms with E-state index < -0.39 is 5.97 Å². The second kappa shape index (κ2) is 4.36. The van der Waals surface area contributed by atoms with Gasteiger partial charge in [-0.3, -0.25) is 9.69 Å². The summed E-state index contributed by atoms with van der Waals surface area (Å²) in [4.78, 5) is 13.1. The normalized spacial score (nSPS) is 25.0. The lowest BCUT2D eigenvalue weighted by Crippen LogP contribution is -2.53. The number of carbonyl (C=O) groups is 1. The lowest BCUT2D eigenvalue weighted by Gasteiger charge is -2.44. The minimum absolute atomic E-state index is 0.0787. The highest BCUT2D eigenvalue weighted by Gasteiger charge is 2.42. The Labute approximate surface area is 98.8 Å². The molecule has 1 aliphatic carbocycles. The monoisotopic (exact) mass is 227 g/mol. The first kappa shape index (κ1) is 13.5. The fourth-order valence-electron chi connectivity index (χ4n) is 2.85. The van der Waals surface area contributed by atoms with Gasteiger partial charge >= 0.3 is 5.97 Å². The van der Waals surface area contributed by atoms with Crippen molar-refractivity contribution in [1.29, 1.82) is 0 Å². The zero-order valence-corrected chi connectivity index (χ0v) is 11.2. The van der Waals surface area contributed by atoms with Crippen LogP contribution in [0.2, 0.25) is 0 Å². The molecule has 0 saturated heterocycles. The van der Waals surface area contributed by atoms with Crippen LogP contribution in [-0.2, 0) is 4.79 Å². The van der Waals surface area contributed by atoms with E-state index in [0.717, 1.165) is 6.42 Å². The van der Waals surface area contributed by atoms with Crippen molar-refractivity contribution in [3.8, 4) is 0 Å². The van der Waals surface area contributed by atoms with E-state index in [4.69, 9.17) is 5.11 Å². The van der Waals surface area contributed by atoms with Crippen molar-refractivity contribution >= 4 is 5.97 Å². The number of hydrogen-bond acceptors (Lipinski definition) is 2. The summed E-state index contributed by atoms with van der Waals surface area (Å²) >= 11 is 0. The number of nitrogens with zero attached hydrogens (tertiary/aromatic N) is 1. The van der Waals surface area contributed by atoms with Gasteiger partial charge in [-0.1, -0.05) is 20.3 Å². The number of carboxylic acid groups (broad SMARTS) is 1. The molecule has 1 N–H and O–H groups in total. The van der Waals surface area contributed by atoms with E-state index in [1.807, 2.05) is 0 Å². The van der Waals surface area contributed by atoms with E-state index >= 15 is 0 Å². The first-order chi connectivity index (χ1) is 7.14. The van der Waals surface area contributed by atoms with E-state index in [9.17, 15) is 4.79 Å². The van der Waals surface area contributed by atoms with Gasteiger partial charge in [-0.05, 0) is 39.0 Å². The van der Waals surface area contributed by atoms with Crippen LogP contribution in [-0.4, -0.2) is 34.1 Å². The van der Waals surface area contributed by atoms with Crippen molar-refractivity contribution in [2.45, 2.75) is 65.5 Å². The van der Waals surface area contributed by atoms with Crippen molar-refractivity contribution in [3.05, 3.63) is 0 Å². The van der Waals surface area contributed by atoms with Gasteiger partial charge in [-0.25, -0.2) is 0 Å². The Bertz CT molecular complexity index is 266. The summed E-state index contributed by atoms with van der Waals surface area (Å²) in [5, 5.41) is 9.04. The van der Waals surface area contributed by atoms with Crippen LogP contribution in [0.3, 0.4) is 0 Å². The Morgan fingerprint density at radius 1 is 1.44 bits per heavy atom. The lowest BCUT2D eigenvalue weighted by atomic mass is 9.84. The van der Waals surface area contributed by atoms with Crippen molar-refractivity contribution in [2.24, 2.45) is 5.41 Å². The molecule has 3 nitrogen and oxygen atoms in total. The molecule has 94 valence electrons. The zero-order valence-electron chi connectivity index (χ0n) is 11.2. The molecule has 0 bridgehead atoms. The van der Waals surface area contributed by atoms with Gasteiger partial charge in [0.1, 0.15) is 0 Å². The van der Waals surface area contributed by atoms with Crippen LogP contribution in [0.15, 0.2) is 0 Å². The van der Waals surface area contributed by atoms with E-state index in [1.54, 1.807) is 0 Å². The van der Waals surface area contributed by atoms with Crippen molar-refractivity contribution in [2.75, 3.05) is 6.54 Å². The molecule has 0 aromatic carbocycles. The maximum Gasteiger partial charge on any atom is 0.317 e. The Hall–Kier alpha value is -0.570. The maximum atomic E-state index is 11.0. The topological polar surface area (TPSA) is 40.5 Å². The number of aliphatic carboxylic acids is 1.